The van der Waals surface area contributed by atoms with Crippen LogP contribution < -0.4 is 20.4 Å². The molecule has 0 saturated heterocycles. The van der Waals surface area contributed by atoms with E-state index in [2.05, 4.69) is 10.5 Å². The van der Waals surface area contributed by atoms with Crippen LogP contribution in [-0.4, -0.2) is 59.2 Å². The number of nitrogens with one attached hydrogen (secondary N) is 1. The largest absolute Gasteiger partial charge is 0.493 e. The van der Waals surface area contributed by atoms with E-state index in [1.165, 1.54) is 32.4 Å². The molecule has 0 bridgehead atoms. The van der Waals surface area contributed by atoms with Crippen molar-refractivity contribution in [2.24, 2.45) is 5.16 Å². The van der Waals surface area contributed by atoms with Crippen molar-refractivity contribution in [3.63, 3.8) is 0 Å². The molecule has 3 N–H and O–H groups in total. The molecular formula is C20H19ClN2O8. The van der Waals surface area contributed by atoms with E-state index in [4.69, 9.17) is 30.3 Å². The molecule has 1 amide bonds. The van der Waals surface area contributed by atoms with E-state index in [1.54, 1.807) is 12.1 Å². The highest BCUT2D eigenvalue weighted by molar-refractivity contribution is 6.43. The number of rotatable bonds is 4. The zero-order valence-electron chi connectivity index (χ0n) is 16.5. The SMILES string of the molecule is COc1ccc2cc(NC(=O)C3=NO[C@H]4[C@H](O)C=C[C@@H](Cl)[C@@]4(O)C3)c(=O)oc2c1OC. The fourth-order valence-electron chi connectivity index (χ4n) is 3.60. The Balaban J connectivity index is 1.62. The number of aliphatic hydroxyl groups is 2. The maximum absolute atomic E-state index is 12.7. The van der Waals surface area contributed by atoms with Gasteiger partial charge in [-0.05, 0) is 18.2 Å². The van der Waals surface area contributed by atoms with Crippen LogP contribution in [0.25, 0.3) is 11.0 Å². The molecule has 164 valence electrons. The number of aliphatic hydroxyl groups excluding tert-OH is 1. The third-order valence-corrected chi connectivity index (χ3v) is 5.76. The highest BCUT2D eigenvalue weighted by atomic mass is 35.5. The van der Waals surface area contributed by atoms with Crippen molar-refractivity contribution in [1.82, 2.24) is 0 Å². The van der Waals surface area contributed by atoms with E-state index in [9.17, 15) is 19.8 Å². The number of hydrogen-bond donors (Lipinski definition) is 3. The Hall–Kier alpha value is -3.08. The van der Waals surface area contributed by atoms with Crippen LogP contribution in [0.3, 0.4) is 0 Å². The zero-order chi connectivity index (χ0) is 22.3. The molecule has 1 aromatic heterocycles. The lowest BCUT2D eigenvalue weighted by Crippen LogP contribution is -2.60. The summed E-state index contributed by atoms with van der Waals surface area (Å²) in [6.45, 7) is 0. The van der Waals surface area contributed by atoms with Crippen molar-refractivity contribution in [3.05, 3.63) is 40.8 Å². The number of halogens is 1. The van der Waals surface area contributed by atoms with Crippen LogP contribution in [0.5, 0.6) is 11.5 Å². The van der Waals surface area contributed by atoms with Crippen LogP contribution in [0.2, 0.25) is 0 Å². The summed E-state index contributed by atoms with van der Waals surface area (Å²) in [5, 5.41) is 26.6. The van der Waals surface area contributed by atoms with Gasteiger partial charge in [0.05, 0.1) is 19.6 Å². The summed E-state index contributed by atoms with van der Waals surface area (Å²) in [4.78, 5) is 30.3. The summed E-state index contributed by atoms with van der Waals surface area (Å²) >= 11 is 6.17. The number of carbonyl (C=O) groups excluding carboxylic acids is 1. The maximum Gasteiger partial charge on any atom is 0.360 e. The number of oxime groups is 1. The van der Waals surface area contributed by atoms with Gasteiger partial charge in [0.1, 0.15) is 23.1 Å². The van der Waals surface area contributed by atoms with Gasteiger partial charge in [-0.15, -0.1) is 11.6 Å². The van der Waals surface area contributed by atoms with Crippen molar-refractivity contribution >= 4 is 39.9 Å². The molecule has 11 heteroatoms. The van der Waals surface area contributed by atoms with Crippen molar-refractivity contribution < 1.29 is 33.7 Å². The molecule has 0 saturated carbocycles. The number of nitrogens with zero attached hydrogens (tertiary/aromatic N) is 1. The average Bonchev–Trinajstić information content (AvgIpc) is 2.76. The Labute approximate surface area is 180 Å². The quantitative estimate of drug-likeness (QED) is 0.358. The molecule has 0 radical (unpaired) electrons. The Morgan fingerprint density at radius 1 is 1.32 bits per heavy atom. The van der Waals surface area contributed by atoms with E-state index >= 15 is 0 Å². The number of carbonyl (C=O) groups is 1. The monoisotopic (exact) mass is 450 g/mol. The Bertz CT molecular complexity index is 1160. The van der Waals surface area contributed by atoms with Crippen LogP contribution in [0.15, 0.2) is 44.7 Å². The number of benzene rings is 1. The highest BCUT2D eigenvalue weighted by Crippen LogP contribution is 2.37. The summed E-state index contributed by atoms with van der Waals surface area (Å²) in [6, 6.07) is 4.68. The first-order valence-electron chi connectivity index (χ1n) is 9.24. The van der Waals surface area contributed by atoms with Crippen LogP contribution in [-0.2, 0) is 9.63 Å². The van der Waals surface area contributed by atoms with Gasteiger partial charge in [-0.2, -0.15) is 0 Å². The van der Waals surface area contributed by atoms with Gasteiger partial charge in [-0.1, -0.05) is 17.3 Å². The number of methoxy groups -OCH3 is 2. The number of hydrogen-bond acceptors (Lipinski definition) is 9. The first kappa shape index (κ1) is 21.2. The lowest BCUT2D eigenvalue weighted by molar-refractivity contribution is -0.153. The molecule has 2 aromatic rings. The van der Waals surface area contributed by atoms with Gasteiger partial charge in [0.25, 0.3) is 5.91 Å². The van der Waals surface area contributed by atoms with Crippen LogP contribution >= 0.6 is 11.6 Å². The molecule has 2 heterocycles. The maximum atomic E-state index is 12.7. The highest BCUT2D eigenvalue weighted by Gasteiger charge is 2.53. The molecule has 0 unspecified atom stereocenters. The predicted molar refractivity (Wildman–Crippen MR) is 111 cm³/mol. The van der Waals surface area contributed by atoms with Crippen molar-refractivity contribution in [2.45, 2.75) is 29.6 Å². The average molecular weight is 451 g/mol. The lowest BCUT2D eigenvalue weighted by atomic mass is 9.79. The van der Waals surface area contributed by atoms with Crippen molar-refractivity contribution in [1.29, 1.82) is 0 Å². The number of amides is 1. The molecule has 0 spiro atoms. The standard InChI is InChI=1S/C20H19ClN2O8/c1-28-13-5-3-9-7-10(19(26)30-15(9)16(13)29-2)22-18(25)11-8-20(27)14(21)6-4-12(24)17(20)31-23-11/h3-7,12,14,17,24,27H,8H2,1-2H3,(H,22,25)/t12-,14-,17+,20+/m1/s1. The molecule has 1 aliphatic carbocycles. The number of fused-ring (bicyclic) bond motifs is 2. The summed E-state index contributed by atoms with van der Waals surface area (Å²) in [7, 11) is 2.86. The minimum absolute atomic E-state index is 0.146. The molecular weight excluding hydrogens is 432 g/mol. The Morgan fingerprint density at radius 3 is 2.81 bits per heavy atom. The number of alkyl halides is 1. The third-order valence-electron chi connectivity index (χ3n) is 5.24. The van der Waals surface area contributed by atoms with Crippen molar-refractivity contribution in [3.8, 4) is 11.5 Å². The van der Waals surface area contributed by atoms with Gasteiger partial charge in [-0.3, -0.25) is 4.79 Å². The molecule has 1 aliphatic heterocycles. The summed E-state index contributed by atoms with van der Waals surface area (Å²) in [6.07, 6.45) is 0.272. The molecule has 4 atom stereocenters. The number of anilines is 1. The first-order chi connectivity index (χ1) is 14.8. The minimum Gasteiger partial charge on any atom is -0.493 e. The Morgan fingerprint density at radius 2 is 2.10 bits per heavy atom. The zero-order valence-corrected chi connectivity index (χ0v) is 17.3. The van der Waals surface area contributed by atoms with Gasteiger partial charge in [0.15, 0.2) is 17.4 Å². The van der Waals surface area contributed by atoms with Crippen molar-refractivity contribution in [2.75, 3.05) is 19.5 Å². The first-order valence-corrected chi connectivity index (χ1v) is 9.68. The van der Waals surface area contributed by atoms with E-state index in [0.29, 0.717) is 11.1 Å². The second-order valence-electron chi connectivity index (χ2n) is 7.13. The lowest BCUT2D eigenvalue weighted by Gasteiger charge is -2.43. The third kappa shape index (κ3) is 3.52. The van der Waals surface area contributed by atoms with E-state index in [-0.39, 0.29) is 29.2 Å². The van der Waals surface area contributed by atoms with Gasteiger partial charge in [-0.25, -0.2) is 4.79 Å². The van der Waals surface area contributed by atoms with E-state index < -0.39 is 34.7 Å². The summed E-state index contributed by atoms with van der Waals surface area (Å²) in [5.74, 6) is -0.164. The minimum atomic E-state index is -1.75. The van der Waals surface area contributed by atoms with Crippen LogP contribution in [0.4, 0.5) is 5.69 Å². The summed E-state index contributed by atoms with van der Waals surface area (Å²) in [5.41, 5.74) is -2.76. The fraction of sp³-hybridized carbons (Fsp3) is 0.350. The van der Waals surface area contributed by atoms with Gasteiger partial charge < -0.3 is 34.3 Å². The summed E-state index contributed by atoms with van der Waals surface area (Å²) < 4.78 is 15.8. The molecule has 2 aliphatic rings. The van der Waals surface area contributed by atoms with E-state index in [0.717, 1.165) is 0 Å². The fourth-order valence-corrected chi connectivity index (χ4v) is 3.89. The van der Waals surface area contributed by atoms with Gasteiger partial charge in [0, 0.05) is 11.8 Å². The smallest absolute Gasteiger partial charge is 0.360 e. The normalized spacial score (nSPS) is 27.1. The molecule has 31 heavy (non-hydrogen) atoms. The second kappa shape index (κ2) is 7.88. The van der Waals surface area contributed by atoms with E-state index in [1.807, 2.05) is 0 Å². The number of ether oxygens (including phenoxy) is 2. The van der Waals surface area contributed by atoms with Crippen LogP contribution in [0, 0.1) is 0 Å². The molecule has 0 fully saturated rings. The van der Waals surface area contributed by atoms with Gasteiger partial charge in [0.2, 0.25) is 5.75 Å². The molecule has 10 nitrogen and oxygen atoms in total. The van der Waals surface area contributed by atoms with Crippen LogP contribution in [0.1, 0.15) is 6.42 Å². The molecule has 4 rings (SSSR count). The topological polar surface area (TPSA) is 140 Å². The molecule has 1 aromatic carbocycles. The Kier molecular flexibility index (Phi) is 5.38. The second-order valence-corrected chi connectivity index (χ2v) is 7.60. The predicted octanol–water partition coefficient (Wildman–Crippen LogP) is 1.16. The van der Waals surface area contributed by atoms with Gasteiger partial charge >= 0.3 is 5.63 Å².